The predicted octanol–water partition coefficient (Wildman–Crippen LogP) is 3.66. The number of halogens is 3. The molecule has 0 unspecified atom stereocenters. The molecule has 0 aliphatic rings. The summed E-state index contributed by atoms with van der Waals surface area (Å²) in [6, 6.07) is 6.74. The van der Waals surface area contributed by atoms with E-state index in [4.69, 9.17) is 11.6 Å². The number of anilines is 1. The van der Waals surface area contributed by atoms with Gasteiger partial charge in [-0.3, -0.25) is 4.79 Å². The van der Waals surface area contributed by atoms with Crippen molar-refractivity contribution in [1.82, 2.24) is 0 Å². The van der Waals surface area contributed by atoms with E-state index in [0.29, 0.717) is 0 Å². The monoisotopic (exact) mass is 325 g/mol. The van der Waals surface area contributed by atoms with Gasteiger partial charge < -0.3 is 10.1 Å². The Bertz CT molecular complexity index is 750. The zero-order chi connectivity index (χ0) is 16.3. The lowest BCUT2D eigenvalue weighted by atomic mass is 10.1. The summed E-state index contributed by atoms with van der Waals surface area (Å²) in [5.74, 6) is -2.83. The molecule has 0 heterocycles. The largest absolute Gasteiger partial charge is 0.465 e. The van der Waals surface area contributed by atoms with Crippen LogP contribution in [0, 0.1) is 11.6 Å². The summed E-state index contributed by atoms with van der Waals surface area (Å²) in [6.45, 7) is 0. The minimum atomic E-state index is -0.867. The first-order valence-electron chi connectivity index (χ1n) is 6.06. The van der Waals surface area contributed by atoms with Gasteiger partial charge in [-0.1, -0.05) is 11.6 Å². The van der Waals surface area contributed by atoms with E-state index in [1.165, 1.54) is 12.1 Å². The summed E-state index contributed by atoms with van der Waals surface area (Å²) >= 11 is 5.79. The van der Waals surface area contributed by atoms with Gasteiger partial charge in [0, 0.05) is 5.69 Å². The Kier molecular flexibility index (Phi) is 4.72. The maximum absolute atomic E-state index is 13.5. The van der Waals surface area contributed by atoms with Crippen LogP contribution in [0.15, 0.2) is 36.4 Å². The molecule has 1 N–H and O–H groups in total. The number of ether oxygens (including phenoxy) is 1. The second kappa shape index (κ2) is 6.53. The normalized spacial score (nSPS) is 10.2. The lowest BCUT2D eigenvalue weighted by Crippen LogP contribution is -2.14. The van der Waals surface area contributed by atoms with Crippen LogP contribution in [-0.2, 0) is 4.74 Å². The number of nitrogens with one attached hydrogen (secondary N) is 1. The molecule has 0 saturated carbocycles. The van der Waals surface area contributed by atoms with Crippen molar-refractivity contribution >= 4 is 29.2 Å². The molecule has 2 aromatic rings. The molecule has 0 aliphatic carbocycles. The minimum Gasteiger partial charge on any atom is -0.465 e. The van der Waals surface area contributed by atoms with Crippen LogP contribution in [-0.4, -0.2) is 19.0 Å². The van der Waals surface area contributed by atoms with Gasteiger partial charge in [0.15, 0.2) is 0 Å². The molecule has 0 fully saturated rings. The number of esters is 1. The van der Waals surface area contributed by atoms with Crippen LogP contribution in [0.4, 0.5) is 14.5 Å². The first-order valence-corrected chi connectivity index (χ1v) is 6.44. The fraction of sp³-hybridized carbons (Fsp3) is 0.0667. The molecule has 0 atom stereocenters. The third-order valence-corrected chi connectivity index (χ3v) is 3.12. The minimum absolute atomic E-state index is 0.0482. The van der Waals surface area contributed by atoms with Crippen molar-refractivity contribution in [2.24, 2.45) is 0 Å². The number of carbonyl (C=O) groups is 2. The lowest BCUT2D eigenvalue weighted by Gasteiger charge is -2.08. The van der Waals surface area contributed by atoms with Gasteiger partial charge in [-0.15, -0.1) is 0 Å². The molecule has 2 rings (SSSR count). The molecule has 1 amide bonds. The number of methoxy groups -OCH3 is 1. The van der Waals surface area contributed by atoms with E-state index in [1.54, 1.807) is 0 Å². The number of rotatable bonds is 3. The number of hydrogen-bond donors (Lipinski definition) is 1. The second-order valence-corrected chi connectivity index (χ2v) is 4.67. The van der Waals surface area contributed by atoms with Gasteiger partial charge in [-0.2, -0.15) is 0 Å². The van der Waals surface area contributed by atoms with E-state index in [2.05, 4.69) is 10.1 Å². The Balaban J connectivity index is 2.27. The SMILES string of the molecule is COC(=O)c1cc(NC(=O)c2ccc(F)cc2Cl)ccc1F. The summed E-state index contributed by atoms with van der Waals surface area (Å²) in [7, 11) is 1.12. The molecular weight excluding hydrogens is 316 g/mol. The van der Waals surface area contributed by atoms with Crippen molar-refractivity contribution in [2.75, 3.05) is 12.4 Å². The van der Waals surface area contributed by atoms with Crippen molar-refractivity contribution in [3.8, 4) is 0 Å². The number of hydrogen-bond acceptors (Lipinski definition) is 3. The summed E-state index contributed by atoms with van der Waals surface area (Å²) in [4.78, 5) is 23.5. The smallest absolute Gasteiger partial charge is 0.340 e. The summed E-state index contributed by atoms with van der Waals surface area (Å²) in [5, 5.41) is 2.38. The average molecular weight is 326 g/mol. The van der Waals surface area contributed by atoms with Crippen molar-refractivity contribution in [1.29, 1.82) is 0 Å². The third kappa shape index (κ3) is 3.40. The lowest BCUT2D eigenvalue weighted by molar-refractivity contribution is 0.0595. The van der Waals surface area contributed by atoms with Gasteiger partial charge in [-0.05, 0) is 36.4 Å². The van der Waals surface area contributed by atoms with Crippen molar-refractivity contribution in [3.63, 3.8) is 0 Å². The molecule has 0 aliphatic heterocycles. The second-order valence-electron chi connectivity index (χ2n) is 4.26. The first kappa shape index (κ1) is 15.9. The highest BCUT2D eigenvalue weighted by Gasteiger charge is 2.15. The van der Waals surface area contributed by atoms with Crippen molar-refractivity contribution in [3.05, 3.63) is 64.2 Å². The highest BCUT2D eigenvalue weighted by atomic mass is 35.5. The van der Waals surface area contributed by atoms with Gasteiger partial charge in [-0.25, -0.2) is 13.6 Å². The molecule has 0 saturated heterocycles. The molecule has 22 heavy (non-hydrogen) atoms. The molecule has 0 spiro atoms. The Morgan fingerprint density at radius 1 is 1.09 bits per heavy atom. The molecule has 2 aromatic carbocycles. The fourth-order valence-electron chi connectivity index (χ4n) is 1.74. The predicted molar refractivity (Wildman–Crippen MR) is 77.1 cm³/mol. The van der Waals surface area contributed by atoms with Crippen LogP contribution < -0.4 is 5.32 Å². The fourth-order valence-corrected chi connectivity index (χ4v) is 1.99. The number of amides is 1. The molecule has 0 radical (unpaired) electrons. The van der Waals surface area contributed by atoms with Crippen LogP contribution >= 0.6 is 11.6 Å². The van der Waals surface area contributed by atoms with E-state index >= 15 is 0 Å². The van der Waals surface area contributed by atoms with Gasteiger partial charge in [0.1, 0.15) is 11.6 Å². The summed E-state index contributed by atoms with van der Waals surface area (Å²) in [6.07, 6.45) is 0. The van der Waals surface area contributed by atoms with Crippen LogP contribution in [0.3, 0.4) is 0 Å². The van der Waals surface area contributed by atoms with E-state index in [1.807, 2.05) is 0 Å². The maximum Gasteiger partial charge on any atom is 0.340 e. The van der Waals surface area contributed by atoms with Crippen LogP contribution in [0.1, 0.15) is 20.7 Å². The zero-order valence-corrected chi connectivity index (χ0v) is 12.1. The Hall–Kier alpha value is -2.47. The van der Waals surface area contributed by atoms with Gasteiger partial charge in [0.25, 0.3) is 5.91 Å². The first-order chi connectivity index (χ1) is 10.4. The number of benzene rings is 2. The highest BCUT2D eigenvalue weighted by molar-refractivity contribution is 6.34. The van der Waals surface area contributed by atoms with E-state index in [-0.39, 0.29) is 21.8 Å². The number of carbonyl (C=O) groups excluding carboxylic acids is 2. The molecular formula is C15H10ClF2NO3. The van der Waals surface area contributed by atoms with Gasteiger partial charge >= 0.3 is 5.97 Å². The van der Waals surface area contributed by atoms with E-state index in [9.17, 15) is 18.4 Å². The summed E-state index contributed by atoms with van der Waals surface area (Å²) in [5.41, 5.74) is -0.0929. The third-order valence-electron chi connectivity index (χ3n) is 2.81. The Morgan fingerprint density at radius 2 is 1.82 bits per heavy atom. The molecule has 114 valence electrons. The van der Waals surface area contributed by atoms with Crippen molar-refractivity contribution in [2.45, 2.75) is 0 Å². The van der Waals surface area contributed by atoms with Crippen LogP contribution in [0.25, 0.3) is 0 Å². The van der Waals surface area contributed by atoms with Crippen LogP contribution in [0.5, 0.6) is 0 Å². The van der Waals surface area contributed by atoms with Gasteiger partial charge in [0.05, 0.1) is 23.3 Å². The molecule has 7 heteroatoms. The van der Waals surface area contributed by atoms with Gasteiger partial charge in [0.2, 0.25) is 0 Å². The topological polar surface area (TPSA) is 55.4 Å². The van der Waals surface area contributed by atoms with Crippen molar-refractivity contribution < 1.29 is 23.1 Å². The van der Waals surface area contributed by atoms with E-state index < -0.39 is 23.5 Å². The molecule has 0 bridgehead atoms. The van der Waals surface area contributed by atoms with E-state index in [0.717, 1.165) is 31.4 Å². The average Bonchev–Trinajstić information content (AvgIpc) is 2.48. The summed E-state index contributed by atoms with van der Waals surface area (Å²) < 4.78 is 30.9. The Morgan fingerprint density at radius 3 is 2.45 bits per heavy atom. The van der Waals surface area contributed by atoms with Crippen LogP contribution in [0.2, 0.25) is 5.02 Å². The quantitative estimate of drug-likeness (QED) is 0.876. The highest BCUT2D eigenvalue weighted by Crippen LogP contribution is 2.20. The maximum atomic E-state index is 13.5. The Labute approximate surface area is 129 Å². The standard InChI is InChI=1S/C15H10ClF2NO3/c1-22-15(21)11-7-9(3-5-13(11)18)19-14(20)10-4-2-8(17)6-12(10)16/h2-7H,1H3,(H,19,20). The molecule has 0 aromatic heterocycles. The molecule has 4 nitrogen and oxygen atoms in total. The zero-order valence-electron chi connectivity index (χ0n) is 11.3.